The van der Waals surface area contributed by atoms with Gasteiger partial charge in [-0.25, -0.2) is 4.98 Å². The quantitative estimate of drug-likeness (QED) is 0.150. The Morgan fingerprint density at radius 3 is 2.36 bits per heavy atom. The van der Waals surface area contributed by atoms with Crippen LogP contribution in [0.25, 0.3) is 22.2 Å². The highest BCUT2D eigenvalue weighted by molar-refractivity contribution is 5.93. The van der Waals surface area contributed by atoms with E-state index < -0.39 is 6.29 Å². The summed E-state index contributed by atoms with van der Waals surface area (Å²) in [6, 6.07) is 32.8. The molecule has 0 aliphatic carbocycles. The molecule has 1 aromatic heterocycles. The van der Waals surface area contributed by atoms with Crippen molar-refractivity contribution >= 4 is 16.9 Å². The van der Waals surface area contributed by atoms with Gasteiger partial charge in [-0.3, -0.25) is 14.7 Å². The number of aliphatic hydroxyl groups excluding tert-OH is 1. The van der Waals surface area contributed by atoms with Crippen LogP contribution in [0.5, 0.6) is 0 Å². The van der Waals surface area contributed by atoms with Gasteiger partial charge in [0.15, 0.2) is 6.29 Å². The van der Waals surface area contributed by atoms with Crippen LogP contribution in [0.3, 0.4) is 0 Å². The monoisotopic (exact) mass is 711 g/mol. The predicted octanol–water partition coefficient (Wildman–Crippen LogP) is 7.07. The molecule has 3 fully saturated rings. The molecule has 8 rings (SSSR count). The zero-order valence-electron chi connectivity index (χ0n) is 30.4. The number of nitrogens with zero attached hydrogens (tertiary/aromatic N) is 4. The number of likely N-dealkylation sites (tertiary alicyclic amines) is 2. The Balaban J connectivity index is 0.993. The van der Waals surface area contributed by atoms with E-state index in [1.54, 1.807) is 0 Å². The molecule has 9 nitrogen and oxygen atoms in total. The van der Waals surface area contributed by atoms with Crippen molar-refractivity contribution in [3.8, 4) is 11.1 Å². The number of para-hydroxylation sites is 2. The van der Waals surface area contributed by atoms with Crippen LogP contribution in [0.4, 0.5) is 0 Å². The Kier molecular flexibility index (Phi) is 10.9. The highest BCUT2D eigenvalue weighted by Gasteiger charge is 2.41. The maximum absolute atomic E-state index is 13.1. The largest absolute Gasteiger partial charge is 0.392 e. The molecule has 0 spiro atoms. The number of fused-ring (bicyclic) bond motifs is 1. The van der Waals surface area contributed by atoms with Crippen LogP contribution in [-0.2, 0) is 22.6 Å². The van der Waals surface area contributed by atoms with E-state index in [0.29, 0.717) is 23.8 Å². The topological polar surface area (TPSA) is 100 Å². The predicted molar refractivity (Wildman–Crippen MR) is 206 cm³/mol. The van der Waals surface area contributed by atoms with Crippen LogP contribution in [-0.4, -0.2) is 75.7 Å². The summed E-state index contributed by atoms with van der Waals surface area (Å²) in [7, 11) is 0. The van der Waals surface area contributed by atoms with Crippen molar-refractivity contribution < 1.29 is 19.4 Å². The number of hydrogen-bond acceptors (Lipinski definition) is 8. The first-order valence-corrected chi connectivity index (χ1v) is 19.2. The van der Waals surface area contributed by atoms with Crippen molar-refractivity contribution in [3.63, 3.8) is 0 Å². The van der Waals surface area contributed by atoms with Gasteiger partial charge in [0.25, 0.3) is 5.91 Å². The van der Waals surface area contributed by atoms with Gasteiger partial charge in [-0.05, 0) is 85.3 Å². The summed E-state index contributed by atoms with van der Waals surface area (Å²) in [6.45, 7) is 8.20. The zero-order valence-corrected chi connectivity index (χ0v) is 30.4. The smallest absolute Gasteiger partial charge is 0.271 e. The highest BCUT2D eigenvalue weighted by Crippen LogP contribution is 2.43. The van der Waals surface area contributed by atoms with Crippen LogP contribution in [0, 0.1) is 5.92 Å². The molecule has 5 atom stereocenters. The number of ether oxygens (including phenoxy) is 2. The first-order chi connectivity index (χ1) is 26.0. The molecular weight excluding hydrogens is 663 g/mol. The molecule has 9 heteroatoms. The summed E-state index contributed by atoms with van der Waals surface area (Å²) < 4.78 is 13.7. The summed E-state index contributed by atoms with van der Waals surface area (Å²) >= 11 is 0. The molecule has 0 radical (unpaired) electrons. The maximum atomic E-state index is 13.1. The number of carbonyl (C=O) groups excluding carboxylic acids is 1. The Hall–Kier alpha value is -4.51. The minimum Gasteiger partial charge on any atom is -0.392 e. The van der Waals surface area contributed by atoms with Gasteiger partial charge in [-0.15, -0.1) is 0 Å². The third-order valence-corrected chi connectivity index (χ3v) is 11.3. The molecule has 4 aromatic carbocycles. The third kappa shape index (κ3) is 8.05. The molecule has 4 heterocycles. The van der Waals surface area contributed by atoms with E-state index in [0.717, 1.165) is 58.5 Å². The van der Waals surface area contributed by atoms with E-state index in [1.807, 2.05) is 54.6 Å². The molecule has 0 unspecified atom stereocenters. The minimum absolute atomic E-state index is 0.00764. The van der Waals surface area contributed by atoms with Crippen molar-refractivity contribution in [3.05, 3.63) is 131 Å². The van der Waals surface area contributed by atoms with E-state index in [2.05, 4.69) is 74.5 Å². The molecule has 2 N–H and O–H groups in total. The molecule has 3 saturated heterocycles. The van der Waals surface area contributed by atoms with Crippen molar-refractivity contribution in [1.29, 1.82) is 0 Å². The fourth-order valence-electron chi connectivity index (χ4n) is 8.27. The Morgan fingerprint density at radius 2 is 1.57 bits per heavy atom. The van der Waals surface area contributed by atoms with E-state index in [4.69, 9.17) is 9.47 Å². The van der Waals surface area contributed by atoms with Gasteiger partial charge < -0.3 is 24.8 Å². The lowest BCUT2D eigenvalue weighted by molar-refractivity contribution is -0.276. The van der Waals surface area contributed by atoms with Crippen LogP contribution in [0.15, 0.2) is 103 Å². The Labute approximate surface area is 312 Å². The number of rotatable bonds is 11. The Bertz CT molecular complexity index is 2000. The van der Waals surface area contributed by atoms with E-state index in [9.17, 15) is 9.90 Å². The normalized spacial score (nSPS) is 23.8. The molecule has 5 aromatic rings. The molecule has 1 amide bonds. The first-order valence-electron chi connectivity index (χ1n) is 19.2. The van der Waals surface area contributed by atoms with Crippen molar-refractivity contribution in [2.24, 2.45) is 5.92 Å². The number of nitrogens with one attached hydrogen (secondary N) is 1. The third-order valence-electron chi connectivity index (χ3n) is 11.3. The van der Waals surface area contributed by atoms with Gasteiger partial charge in [0.2, 0.25) is 0 Å². The number of hydrogen-bond donors (Lipinski definition) is 2. The van der Waals surface area contributed by atoms with Crippen molar-refractivity contribution in [2.45, 2.75) is 70.3 Å². The fourth-order valence-corrected chi connectivity index (χ4v) is 8.27. The molecule has 3 aliphatic rings. The molecule has 0 saturated carbocycles. The SMILES string of the molecule is C[C@@H]1[C@H](CN2CCC[C@H]2CN2CCCC2)O[C@H](c2ccc(-c3ccccc3CNC(=O)c3cnc4ccccc4n3)cc2)O[C@@H]1c1ccc(CO)cc1. The molecule has 53 heavy (non-hydrogen) atoms. The van der Waals surface area contributed by atoms with Gasteiger partial charge in [0.1, 0.15) is 5.69 Å². The lowest BCUT2D eigenvalue weighted by atomic mass is 9.89. The number of amides is 1. The van der Waals surface area contributed by atoms with E-state index in [-0.39, 0.29) is 30.6 Å². The summed E-state index contributed by atoms with van der Waals surface area (Å²) in [6.07, 6.45) is 5.94. The standard InChI is InChI=1S/C44H49N5O4/c1-30-41(28-49-24-8-10-36(49)27-48-22-6-7-23-48)52-44(53-42(30)33-16-14-31(29-50)15-17-33)34-20-18-32(19-21-34)37-11-3-2-9-35(37)25-46-43(51)40-26-45-38-12-4-5-13-39(38)47-40/h2-5,9,11-21,26,30,36,41-42,44,50H,6-8,10,22-25,27-29H2,1H3,(H,46,51)/t30-,36+,41+,42+,44+/m1/s1. The molecule has 274 valence electrons. The van der Waals surface area contributed by atoms with Gasteiger partial charge in [0.05, 0.1) is 36.0 Å². The van der Waals surface area contributed by atoms with Crippen molar-refractivity contribution in [2.75, 3.05) is 32.7 Å². The Morgan fingerprint density at radius 1 is 0.830 bits per heavy atom. The number of carbonyl (C=O) groups is 1. The van der Waals surface area contributed by atoms with Gasteiger partial charge in [0, 0.05) is 37.2 Å². The molecule has 3 aliphatic heterocycles. The van der Waals surface area contributed by atoms with E-state index >= 15 is 0 Å². The molecular formula is C44H49N5O4. The van der Waals surface area contributed by atoms with Gasteiger partial charge in [-0.1, -0.05) is 91.9 Å². The minimum atomic E-state index is -0.523. The lowest BCUT2D eigenvalue weighted by Gasteiger charge is -2.43. The zero-order chi connectivity index (χ0) is 36.1. The second-order valence-corrected chi connectivity index (χ2v) is 14.8. The summed E-state index contributed by atoms with van der Waals surface area (Å²) in [5.74, 6) is -0.123. The van der Waals surface area contributed by atoms with Crippen LogP contribution in [0.2, 0.25) is 0 Å². The first kappa shape index (κ1) is 35.5. The van der Waals surface area contributed by atoms with Crippen molar-refractivity contribution in [1.82, 2.24) is 25.1 Å². The maximum Gasteiger partial charge on any atom is 0.271 e. The van der Waals surface area contributed by atoms with Crippen LogP contribution >= 0.6 is 0 Å². The van der Waals surface area contributed by atoms with Crippen LogP contribution in [0.1, 0.15) is 77.7 Å². The van der Waals surface area contributed by atoms with Gasteiger partial charge >= 0.3 is 0 Å². The second-order valence-electron chi connectivity index (χ2n) is 14.8. The van der Waals surface area contributed by atoms with Crippen LogP contribution < -0.4 is 5.32 Å². The van der Waals surface area contributed by atoms with Gasteiger partial charge in [-0.2, -0.15) is 0 Å². The average molecular weight is 712 g/mol. The molecule has 0 bridgehead atoms. The number of benzene rings is 4. The lowest BCUT2D eigenvalue weighted by Crippen LogP contribution is -2.48. The summed E-state index contributed by atoms with van der Waals surface area (Å²) in [5.41, 5.74) is 7.79. The summed E-state index contributed by atoms with van der Waals surface area (Å²) in [4.78, 5) is 27.3. The summed E-state index contributed by atoms with van der Waals surface area (Å²) in [5, 5.41) is 12.7. The number of aromatic nitrogens is 2. The van der Waals surface area contributed by atoms with E-state index in [1.165, 1.54) is 45.0 Å². The average Bonchev–Trinajstić information content (AvgIpc) is 3.90. The highest BCUT2D eigenvalue weighted by atomic mass is 16.7. The second kappa shape index (κ2) is 16.2. The number of aliphatic hydroxyl groups is 1. The fraction of sp³-hybridized carbons (Fsp3) is 0.386.